The standard InChI is InChI=1S/2C24H28ClN5O3.C24H27ClN4O3.C23H25ClN6O4.4C2H6/c1-4-18(31)15-33-22-12-16-11-17(5-6-21(16)29(3)24(22)32)27-20-13-23(26-14-19(20)25)30-9-7-28(2)8-10-30;1-3-7-18(31)15-33-21-13-16-12-17(8-9-20(16)29(2)23(21)32)27-22-19(25)14-26-24(28-22)30-10-5-4-6-11-30;1-3-18(30)15-32-22-12-16-11-17(7-8-21(16)28(2)24(22)31)27-20-13-23(26-14-19(20)25)29-9-5-4-6-10-29;1-4-16(31)13-34-19-10-14-9-15(5-6-18(14)29(3)22(19)33)26-21-17(24)11-25-23(27-21)30-8-7-28(2)20(32)12-30;4*1-2/h5-6,11-14H,4,7-10,15H2,1-3H3,(H,26,27);8-9,12-14H,3-7,10-11,15H2,1-2H3,(H,26,27,28);7-8,11-14H,3-6,9-10,15H2,1-2H3,(H,26,27);5-6,9-11H,4,7-8,12-13H2,1-3H3,(H,25,26,27);4*1-2H3. The van der Waals surface area contributed by atoms with Crippen LogP contribution in [0.3, 0.4) is 0 Å². The van der Waals surface area contributed by atoms with Gasteiger partial charge in [0.25, 0.3) is 22.2 Å². The fraction of sp³-hybridized carbons (Fsp3) is 0.427. The van der Waals surface area contributed by atoms with Crippen LogP contribution in [0, 0.1) is 0 Å². The number of rotatable bonds is 29. The number of amides is 1. The topological polar surface area (TPSA) is 355 Å². The number of halogens is 4. The van der Waals surface area contributed by atoms with Gasteiger partial charge in [-0.1, -0.05) is 129 Å². The quantitative estimate of drug-likeness (QED) is 0.0338. The van der Waals surface area contributed by atoms with Crippen molar-refractivity contribution in [1.82, 2.24) is 58.0 Å². The number of nitrogens with zero attached hydrogens (tertiary/aromatic N) is 16. The summed E-state index contributed by atoms with van der Waals surface area (Å²) in [4.78, 5) is 148. The first-order valence-electron chi connectivity index (χ1n) is 48.0. The van der Waals surface area contributed by atoms with Gasteiger partial charge >= 0.3 is 0 Å². The Morgan fingerprint density at radius 2 is 0.650 bits per heavy atom. The second-order valence-corrected chi connectivity index (χ2v) is 34.2. The maximum absolute atomic E-state index is 12.6. The molecular formula is C103H132Cl4N20O13. The summed E-state index contributed by atoms with van der Waals surface area (Å²) in [5.74, 6) is 4.13. The number of ether oxygens (including phenoxy) is 4. The second kappa shape index (κ2) is 54.6. The van der Waals surface area contributed by atoms with Gasteiger partial charge < -0.3 is 87.9 Å². The third-order valence-corrected chi connectivity index (χ3v) is 24.3. The lowest BCUT2D eigenvalue weighted by atomic mass is 10.1. The molecule has 750 valence electrons. The first-order chi connectivity index (χ1) is 67.5. The van der Waals surface area contributed by atoms with Crippen LogP contribution >= 0.6 is 46.4 Å². The number of anilines is 12. The Balaban J connectivity index is 0.000000204. The molecule has 4 aliphatic heterocycles. The number of piperidine rings is 2. The summed E-state index contributed by atoms with van der Waals surface area (Å²) in [5, 5.41) is 18.2. The summed E-state index contributed by atoms with van der Waals surface area (Å²) < 4.78 is 28.1. The minimum Gasteiger partial charge on any atom is -0.480 e. The number of ketones is 4. The van der Waals surface area contributed by atoms with E-state index in [0.29, 0.717) is 93.6 Å². The Kier molecular flexibility index (Phi) is 43.1. The van der Waals surface area contributed by atoms with Crippen LogP contribution in [0.1, 0.15) is 154 Å². The average Bonchev–Trinajstić information content (AvgIpc) is 0.793. The molecule has 4 saturated heterocycles. The normalized spacial score (nSPS) is 13.4. The van der Waals surface area contributed by atoms with Crippen molar-refractivity contribution >= 4 is 188 Å². The van der Waals surface area contributed by atoms with E-state index in [1.807, 2.05) is 135 Å². The molecule has 4 aromatic carbocycles. The zero-order valence-corrected chi connectivity index (χ0v) is 86.6. The van der Waals surface area contributed by atoms with Crippen LogP contribution in [-0.4, -0.2) is 200 Å². The minimum atomic E-state index is -0.317. The maximum Gasteiger partial charge on any atom is 0.293 e. The monoisotopic (exact) mass is 2000 g/mol. The van der Waals surface area contributed by atoms with Crippen molar-refractivity contribution < 1.29 is 42.9 Å². The number of aryl methyl sites for hydroxylation is 4. The van der Waals surface area contributed by atoms with E-state index in [-0.39, 0.29) is 107 Å². The van der Waals surface area contributed by atoms with E-state index in [1.54, 1.807) is 121 Å². The molecule has 12 heterocycles. The number of hydrogen-bond donors (Lipinski definition) is 4. The van der Waals surface area contributed by atoms with E-state index in [0.717, 1.165) is 150 Å². The van der Waals surface area contributed by atoms with E-state index < -0.39 is 0 Å². The summed E-state index contributed by atoms with van der Waals surface area (Å²) >= 11 is 25.6. The molecule has 33 nitrogen and oxygen atoms in total. The molecule has 8 aromatic heterocycles. The van der Waals surface area contributed by atoms with Crippen LogP contribution < -0.4 is 82.1 Å². The molecule has 37 heteroatoms. The van der Waals surface area contributed by atoms with Gasteiger partial charge in [-0.2, -0.15) is 9.97 Å². The molecule has 4 aliphatic rings. The fourth-order valence-corrected chi connectivity index (χ4v) is 15.8. The molecule has 1 amide bonds. The van der Waals surface area contributed by atoms with Crippen LogP contribution in [0.5, 0.6) is 23.0 Å². The maximum atomic E-state index is 12.6. The van der Waals surface area contributed by atoms with Crippen molar-refractivity contribution in [1.29, 1.82) is 0 Å². The molecule has 0 atom stereocenters. The van der Waals surface area contributed by atoms with Gasteiger partial charge in [-0.25, -0.2) is 19.9 Å². The molecule has 140 heavy (non-hydrogen) atoms. The zero-order chi connectivity index (χ0) is 102. The van der Waals surface area contributed by atoms with E-state index in [2.05, 4.69) is 77.8 Å². The Bertz CT molecular complexity index is 6540. The lowest BCUT2D eigenvalue weighted by Gasteiger charge is -2.33. The lowest BCUT2D eigenvalue weighted by Crippen LogP contribution is -2.49. The number of pyridine rings is 6. The first kappa shape index (κ1) is 111. The highest BCUT2D eigenvalue weighted by atomic mass is 35.5. The third kappa shape index (κ3) is 29.6. The zero-order valence-electron chi connectivity index (χ0n) is 83.6. The predicted molar refractivity (Wildman–Crippen MR) is 567 cm³/mol. The lowest BCUT2D eigenvalue weighted by molar-refractivity contribution is -0.129. The Morgan fingerprint density at radius 3 is 0.986 bits per heavy atom. The highest BCUT2D eigenvalue weighted by Gasteiger charge is 2.27. The number of carbonyl (C=O) groups is 5. The summed E-state index contributed by atoms with van der Waals surface area (Å²) in [6, 6.07) is 33.0. The first-order valence-corrected chi connectivity index (χ1v) is 49.5. The van der Waals surface area contributed by atoms with Crippen molar-refractivity contribution in [2.45, 2.75) is 154 Å². The second-order valence-electron chi connectivity index (χ2n) is 32.6. The van der Waals surface area contributed by atoms with Crippen molar-refractivity contribution in [3.05, 3.63) is 195 Å². The molecule has 12 aromatic rings. The molecule has 0 saturated carbocycles. The molecule has 4 fully saturated rings. The van der Waals surface area contributed by atoms with Gasteiger partial charge in [-0.05, 0) is 149 Å². The SMILES string of the molecule is CC.CC.CC.CC.CCC(=O)COc1cc2cc(Nc3cc(N4CCCCC4)ncc3Cl)ccc2n(C)c1=O.CCC(=O)COc1cc2cc(Nc3cc(N4CCN(C)CC4)ncc3Cl)ccc2n(C)c1=O.CCC(=O)COc1cc2cc(Nc3nc(N4CCN(C)C(=O)C4)ncc3Cl)ccc2n(C)c1=O.CCCC(=O)COc1cc2cc(Nc3nc(N4CCCCC4)ncc3Cl)ccc2n(C)c1=O. The van der Waals surface area contributed by atoms with E-state index in [4.69, 9.17) is 65.4 Å². The summed E-state index contributed by atoms with van der Waals surface area (Å²) in [7, 11) is 10.6. The summed E-state index contributed by atoms with van der Waals surface area (Å²) in [5.41, 5.74) is 6.46. The van der Waals surface area contributed by atoms with Gasteiger partial charge in [0.1, 0.15) is 48.1 Å². The van der Waals surface area contributed by atoms with Crippen LogP contribution in [0.2, 0.25) is 20.1 Å². The molecule has 0 radical (unpaired) electrons. The van der Waals surface area contributed by atoms with Gasteiger partial charge in [-0.3, -0.25) is 43.2 Å². The van der Waals surface area contributed by atoms with Crippen molar-refractivity contribution in [2.24, 2.45) is 28.2 Å². The van der Waals surface area contributed by atoms with Crippen LogP contribution in [-0.2, 0) is 52.2 Å². The van der Waals surface area contributed by atoms with Crippen molar-refractivity contribution in [3.63, 3.8) is 0 Å². The highest BCUT2D eigenvalue weighted by Crippen LogP contribution is 2.36. The Labute approximate surface area is 837 Å². The molecule has 0 spiro atoms. The Hall–Kier alpha value is -13.0. The van der Waals surface area contributed by atoms with Gasteiger partial charge in [0, 0.05) is 183 Å². The molecule has 16 rings (SSSR count). The number of nitrogens with one attached hydrogen (secondary N) is 4. The molecule has 0 aliphatic carbocycles. The fourth-order valence-electron chi connectivity index (χ4n) is 15.2. The smallest absolute Gasteiger partial charge is 0.293 e. The number of Topliss-reactive ketones (excluding diaryl/α,β-unsaturated/α-hetero) is 4. The van der Waals surface area contributed by atoms with Crippen molar-refractivity contribution in [2.75, 3.05) is 153 Å². The summed E-state index contributed by atoms with van der Waals surface area (Å²) in [6.07, 6.45) is 15.8. The highest BCUT2D eigenvalue weighted by molar-refractivity contribution is 6.34. The van der Waals surface area contributed by atoms with E-state index in [1.165, 1.54) is 50.1 Å². The molecular weight excluding hydrogens is 1870 g/mol. The van der Waals surface area contributed by atoms with Crippen LogP contribution in [0.15, 0.2) is 153 Å². The van der Waals surface area contributed by atoms with Gasteiger partial charge in [0.15, 0.2) is 57.8 Å². The molecule has 4 N–H and O–H groups in total. The number of piperazine rings is 2. The van der Waals surface area contributed by atoms with E-state index >= 15 is 0 Å². The summed E-state index contributed by atoms with van der Waals surface area (Å²) in [6.45, 7) is 31.8. The number of fused-ring (bicyclic) bond motifs is 4. The molecule has 0 bridgehead atoms. The van der Waals surface area contributed by atoms with Gasteiger partial charge in [0.05, 0.1) is 74.8 Å². The number of aromatic nitrogens is 10. The number of likely N-dealkylation sites (N-methyl/N-ethyl adjacent to an activating group) is 2. The largest absolute Gasteiger partial charge is 0.480 e. The van der Waals surface area contributed by atoms with E-state index in [9.17, 15) is 43.2 Å². The third-order valence-electron chi connectivity index (χ3n) is 23.1. The molecule has 0 unspecified atom stereocenters. The number of hydrogen-bond acceptors (Lipinski definition) is 28. The van der Waals surface area contributed by atoms with Crippen LogP contribution in [0.25, 0.3) is 43.6 Å². The number of carbonyl (C=O) groups excluding carboxylic acids is 5. The predicted octanol–water partition coefficient (Wildman–Crippen LogP) is 19.0. The van der Waals surface area contributed by atoms with Crippen molar-refractivity contribution in [3.8, 4) is 23.0 Å². The minimum absolute atomic E-state index is 0.00175. The van der Waals surface area contributed by atoms with Gasteiger partial charge in [0.2, 0.25) is 17.8 Å². The van der Waals surface area contributed by atoms with Gasteiger partial charge in [-0.15, -0.1) is 0 Å². The van der Waals surface area contributed by atoms with Crippen LogP contribution in [0.4, 0.5) is 69.3 Å². The number of benzene rings is 4. The average molecular weight is 2000 g/mol. The Morgan fingerprint density at radius 1 is 0.343 bits per heavy atom.